The molecule has 0 saturated heterocycles. The Hall–Kier alpha value is -1.03. The lowest BCUT2D eigenvalue weighted by Gasteiger charge is -2.23. The molecule has 0 atom stereocenters. The molecule has 10 heteroatoms. The third-order valence-corrected chi connectivity index (χ3v) is 4.60. The number of nitrogen functional groups attached to an aromatic ring is 1. The van der Waals surface area contributed by atoms with Crippen LogP contribution in [-0.2, 0) is 10.0 Å². The van der Waals surface area contributed by atoms with Gasteiger partial charge < -0.3 is 10.8 Å². The van der Waals surface area contributed by atoms with Gasteiger partial charge in [-0.1, -0.05) is 11.6 Å². The molecule has 0 aliphatic rings. The topological polar surface area (TPSA) is 83.6 Å². The molecule has 5 nitrogen and oxygen atoms in total. The van der Waals surface area contributed by atoms with Crippen molar-refractivity contribution in [2.24, 2.45) is 0 Å². The maximum atomic E-state index is 12.4. The second-order valence-electron chi connectivity index (χ2n) is 3.87. The molecule has 3 N–H and O–H groups in total. The minimum atomic E-state index is -4.74. The summed E-state index contributed by atoms with van der Waals surface area (Å²) in [6, 6.07) is 3.47. The number of nitrogens with zero attached hydrogens (tertiary/aromatic N) is 1. The molecule has 0 saturated carbocycles. The zero-order valence-corrected chi connectivity index (χ0v) is 11.6. The first-order valence-corrected chi connectivity index (χ1v) is 7.12. The monoisotopic (exact) mass is 332 g/mol. The summed E-state index contributed by atoms with van der Waals surface area (Å²) in [5.41, 5.74) is 5.46. The van der Waals surface area contributed by atoms with Gasteiger partial charge in [-0.05, 0) is 18.2 Å². The molecule has 1 aromatic carbocycles. The maximum absolute atomic E-state index is 12.4. The summed E-state index contributed by atoms with van der Waals surface area (Å²) in [5, 5.41) is 8.49. The first-order valence-electron chi connectivity index (χ1n) is 5.30. The van der Waals surface area contributed by atoms with E-state index in [9.17, 15) is 21.6 Å². The lowest BCUT2D eigenvalue weighted by atomic mass is 10.3. The average Bonchev–Trinajstić information content (AvgIpc) is 2.30. The van der Waals surface area contributed by atoms with Crippen molar-refractivity contribution in [3.05, 3.63) is 23.2 Å². The Balaban J connectivity index is 3.26. The molecule has 0 spiro atoms. The molecule has 0 aliphatic heterocycles. The Bertz CT molecular complexity index is 578. The van der Waals surface area contributed by atoms with E-state index in [4.69, 9.17) is 22.4 Å². The highest BCUT2D eigenvalue weighted by atomic mass is 35.5. The fourth-order valence-electron chi connectivity index (χ4n) is 1.45. The molecule has 0 aliphatic carbocycles. The van der Waals surface area contributed by atoms with Crippen molar-refractivity contribution in [1.29, 1.82) is 0 Å². The lowest BCUT2D eigenvalue weighted by Crippen LogP contribution is -2.40. The average molecular weight is 333 g/mol. The second-order valence-corrected chi connectivity index (χ2v) is 6.18. The van der Waals surface area contributed by atoms with Crippen LogP contribution < -0.4 is 5.73 Å². The molecule has 0 fully saturated rings. The molecule has 0 heterocycles. The minimum absolute atomic E-state index is 0.0453. The zero-order chi connectivity index (χ0) is 15.6. The highest BCUT2D eigenvalue weighted by Crippen LogP contribution is 2.28. The highest BCUT2D eigenvalue weighted by Gasteiger charge is 2.37. The van der Waals surface area contributed by atoms with Crippen molar-refractivity contribution in [2.75, 3.05) is 25.4 Å². The molecule has 1 aromatic rings. The van der Waals surface area contributed by atoms with E-state index in [2.05, 4.69) is 0 Å². The number of hydrogen-bond acceptors (Lipinski definition) is 4. The third kappa shape index (κ3) is 4.23. The van der Waals surface area contributed by atoms with Crippen LogP contribution in [0, 0.1) is 0 Å². The van der Waals surface area contributed by atoms with Crippen LogP contribution in [0.4, 0.5) is 18.9 Å². The van der Waals surface area contributed by atoms with Gasteiger partial charge in [0.1, 0.15) is 11.4 Å². The number of aliphatic hydroxyl groups is 1. The smallest absolute Gasteiger partial charge is 0.399 e. The molecular weight excluding hydrogens is 321 g/mol. The summed E-state index contributed by atoms with van der Waals surface area (Å²) in [6.07, 6.45) is -4.74. The van der Waals surface area contributed by atoms with Crippen LogP contribution in [0.1, 0.15) is 0 Å². The first-order chi connectivity index (χ1) is 9.08. The van der Waals surface area contributed by atoms with E-state index in [1.165, 1.54) is 12.1 Å². The van der Waals surface area contributed by atoms with Crippen molar-refractivity contribution >= 4 is 27.3 Å². The van der Waals surface area contributed by atoms with Crippen molar-refractivity contribution < 1.29 is 26.7 Å². The molecule has 0 unspecified atom stereocenters. The number of anilines is 1. The fourth-order valence-corrected chi connectivity index (χ4v) is 3.38. The van der Waals surface area contributed by atoms with E-state index in [-0.39, 0.29) is 15.0 Å². The summed E-state index contributed by atoms with van der Waals surface area (Å²) < 4.78 is 61.6. The second kappa shape index (κ2) is 6.17. The summed E-state index contributed by atoms with van der Waals surface area (Å²) >= 11 is 5.69. The number of halogens is 4. The van der Waals surface area contributed by atoms with Crippen molar-refractivity contribution in [3.8, 4) is 0 Å². The molecule has 114 valence electrons. The summed E-state index contributed by atoms with van der Waals surface area (Å²) in [7, 11) is -4.51. The Morgan fingerprint density at radius 3 is 2.45 bits per heavy atom. The SMILES string of the molecule is Nc1ccc(Cl)c(S(=O)(=O)N(CCO)CC(F)(F)F)c1. The van der Waals surface area contributed by atoms with Crippen LogP contribution >= 0.6 is 11.6 Å². The van der Waals surface area contributed by atoms with Crippen LogP contribution in [-0.4, -0.2) is 43.7 Å². The quantitative estimate of drug-likeness (QED) is 0.800. The van der Waals surface area contributed by atoms with Gasteiger partial charge in [-0.15, -0.1) is 0 Å². The molecule has 20 heavy (non-hydrogen) atoms. The summed E-state index contributed by atoms with van der Waals surface area (Å²) in [5.74, 6) is 0. The molecular formula is C10H12ClF3N2O3S. The van der Waals surface area contributed by atoms with E-state index >= 15 is 0 Å². The van der Waals surface area contributed by atoms with E-state index in [1.807, 2.05) is 0 Å². The van der Waals surface area contributed by atoms with Gasteiger partial charge in [0, 0.05) is 12.2 Å². The maximum Gasteiger partial charge on any atom is 0.402 e. The third-order valence-electron chi connectivity index (χ3n) is 2.28. The number of sulfonamides is 1. The largest absolute Gasteiger partial charge is 0.402 e. The zero-order valence-electron chi connectivity index (χ0n) is 10.1. The van der Waals surface area contributed by atoms with Gasteiger partial charge in [-0.25, -0.2) is 8.42 Å². The lowest BCUT2D eigenvalue weighted by molar-refractivity contribution is -0.136. The van der Waals surface area contributed by atoms with Gasteiger partial charge in [-0.3, -0.25) is 0 Å². The standard InChI is InChI=1S/C10H12ClF3N2O3S/c11-8-2-1-7(15)5-9(8)20(18,19)16(3-4-17)6-10(12,13)14/h1-2,5,17H,3-4,6,15H2. The van der Waals surface area contributed by atoms with Crippen molar-refractivity contribution in [3.63, 3.8) is 0 Å². The Morgan fingerprint density at radius 2 is 1.95 bits per heavy atom. The van der Waals surface area contributed by atoms with Crippen LogP contribution in [0.25, 0.3) is 0 Å². The molecule has 0 bridgehead atoms. The van der Waals surface area contributed by atoms with E-state index < -0.39 is 40.8 Å². The van der Waals surface area contributed by atoms with Gasteiger partial charge in [0.25, 0.3) is 0 Å². The minimum Gasteiger partial charge on any atom is -0.399 e. The summed E-state index contributed by atoms with van der Waals surface area (Å²) in [4.78, 5) is -0.531. The Kier molecular flexibility index (Phi) is 5.25. The molecule has 0 radical (unpaired) electrons. The Morgan fingerprint density at radius 1 is 1.35 bits per heavy atom. The number of hydrogen-bond donors (Lipinski definition) is 2. The van der Waals surface area contributed by atoms with Gasteiger partial charge in [-0.2, -0.15) is 17.5 Å². The number of nitrogens with two attached hydrogens (primary N) is 1. The van der Waals surface area contributed by atoms with Gasteiger partial charge >= 0.3 is 6.18 Å². The first kappa shape index (κ1) is 17.0. The number of alkyl halides is 3. The Labute approximate surface area is 118 Å². The molecule has 0 amide bonds. The predicted octanol–water partition coefficient (Wildman–Crippen LogP) is 1.47. The highest BCUT2D eigenvalue weighted by molar-refractivity contribution is 7.89. The number of rotatable bonds is 5. The van der Waals surface area contributed by atoms with Crippen LogP contribution in [0.2, 0.25) is 5.02 Å². The predicted molar refractivity (Wildman–Crippen MR) is 67.8 cm³/mol. The van der Waals surface area contributed by atoms with Gasteiger partial charge in [0.2, 0.25) is 10.0 Å². The van der Waals surface area contributed by atoms with E-state index in [0.29, 0.717) is 0 Å². The number of benzene rings is 1. The van der Waals surface area contributed by atoms with E-state index in [1.54, 1.807) is 0 Å². The van der Waals surface area contributed by atoms with Crippen LogP contribution in [0.15, 0.2) is 23.1 Å². The fraction of sp³-hybridized carbons (Fsp3) is 0.400. The summed E-state index contributed by atoms with van der Waals surface area (Å²) in [6.45, 7) is -3.18. The molecule has 1 rings (SSSR count). The number of aliphatic hydroxyl groups excluding tert-OH is 1. The van der Waals surface area contributed by atoms with E-state index in [0.717, 1.165) is 6.07 Å². The van der Waals surface area contributed by atoms with Crippen LogP contribution in [0.5, 0.6) is 0 Å². The van der Waals surface area contributed by atoms with Crippen molar-refractivity contribution in [2.45, 2.75) is 11.1 Å². The van der Waals surface area contributed by atoms with Gasteiger partial charge in [0.05, 0.1) is 11.6 Å². The normalized spacial score (nSPS) is 12.9. The van der Waals surface area contributed by atoms with Crippen molar-refractivity contribution in [1.82, 2.24) is 4.31 Å². The molecule has 0 aromatic heterocycles. The van der Waals surface area contributed by atoms with Gasteiger partial charge in [0.15, 0.2) is 0 Å². The van der Waals surface area contributed by atoms with Crippen LogP contribution in [0.3, 0.4) is 0 Å².